The van der Waals surface area contributed by atoms with E-state index in [2.05, 4.69) is 23.7 Å². The first-order chi connectivity index (χ1) is 12.9. The zero-order valence-corrected chi connectivity index (χ0v) is 16.5. The lowest BCUT2D eigenvalue weighted by atomic mass is 9.84. The molecule has 2 aliphatic rings. The number of hydrogen-bond acceptors (Lipinski definition) is 3. The summed E-state index contributed by atoms with van der Waals surface area (Å²) >= 11 is 0. The van der Waals surface area contributed by atoms with Gasteiger partial charge in [0.05, 0.1) is 5.52 Å². The summed E-state index contributed by atoms with van der Waals surface area (Å²) in [6.07, 6.45) is 3.86. The lowest BCUT2D eigenvalue weighted by Gasteiger charge is -2.46. The Hall–Kier alpha value is -2.14. The molecule has 2 fully saturated rings. The Morgan fingerprint density at radius 2 is 1.89 bits per heavy atom. The van der Waals surface area contributed by atoms with Gasteiger partial charge >= 0.3 is 0 Å². The van der Waals surface area contributed by atoms with E-state index in [4.69, 9.17) is 0 Å². The number of para-hydroxylation sites is 1. The highest BCUT2D eigenvalue weighted by molar-refractivity contribution is 5.88. The molecule has 5 heteroatoms. The molecule has 0 radical (unpaired) electrons. The zero-order valence-electron chi connectivity index (χ0n) is 16.5. The van der Waals surface area contributed by atoms with Crippen molar-refractivity contribution in [1.82, 2.24) is 14.8 Å². The molecule has 5 nitrogen and oxygen atoms in total. The number of amides is 1. The van der Waals surface area contributed by atoms with Gasteiger partial charge in [0.25, 0.3) is 5.56 Å². The van der Waals surface area contributed by atoms with Gasteiger partial charge < -0.3 is 9.88 Å². The maximum absolute atomic E-state index is 13.3. The van der Waals surface area contributed by atoms with Gasteiger partial charge in [-0.1, -0.05) is 18.2 Å². The van der Waals surface area contributed by atoms with Crippen LogP contribution >= 0.6 is 0 Å². The summed E-state index contributed by atoms with van der Waals surface area (Å²) in [7, 11) is 0. The smallest absolute Gasteiger partial charge is 0.252 e. The van der Waals surface area contributed by atoms with Crippen LogP contribution in [-0.4, -0.2) is 45.4 Å². The van der Waals surface area contributed by atoms with E-state index in [1.807, 2.05) is 36.1 Å². The number of nitrogens with one attached hydrogen (secondary N) is 1. The number of fused-ring (bicyclic) bond motifs is 1. The van der Waals surface area contributed by atoms with Crippen LogP contribution < -0.4 is 5.56 Å². The Labute approximate surface area is 160 Å². The molecule has 2 saturated heterocycles. The van der Waals surface area contributed by atoms with E-state index in [9.17, 15) is 9.59 Å². The van der Waals surface area contributed by atoms with Crippen molar-refractivity contribution < 1.29 is 4.79 Å². The second kappa shape index (κ2) is 6.79. The number of carbonyl (C=O) groups is 1. The number of aryl methyl sites for hydroxylation is 1. The van der Waals surface area contributed by atoms with Gasteiger partial charge in [0.1, 0.15) is 5.54 Å². The van der Waals surface area contributed by atoms with Crippen molar-refractivity contribution in [3.05, 3.63) is 45.7 Å². The third-order valence-corrected chi connectivity index (χ3v) is 6.42. The second-order valence-corrected chi connectivity index (χ2v) is 8.42. The average molecular weight is 367 g/mol. The van der Waals surface area contributed by atoms with Gasteiger partial charge in [-0.3, -0.25) is 14.5 Å². The van der Waals surface area contributed by atoms with Crippen molar-refractivity contribution in [3.63, 3.8) is 0 Å². The largest absolute Gasteiger partial charge is 0.339 e. The Morgan fingerprint density at radius 3 is 2.63 bits per heavy atom. The van der Waals surface area contributed by atoms with Gasteiger partial charge in [-0.25, -0.2) is 0 Å². The molecule has 0 saturated carbocycles. The maximum atomic E-state index is 13.3. The number of aromatic amines is 1. The Kier molecular flexibility index (Phi) is 4.58. The average Bonchev–Trinajstić information content (AvgIpc) is 3.02. The first-order valence-corrected chi connectivity index (χ1v) is 10.1. The highest BCUT2D eigenvalue weighted by Gasteiger charge is 2.51. The molecule has 1 aromatic carbocycles. The van der Waals surface area contributed by atoms with Crippen LogP contribution in [0.4, 0.5) is 0 Å². The number of benzene rings is 1. The molecule has 1 atom stereocenters. The van der Waals surface area contributed by atoms with Crippen LogP contribution in [-0.2, 0) is 11.3 Å². The molecule has 2 aromatic rings. The molecule has 3 heterocycles. The molecule has 1 amide bonds. The number of nitrogens with zero attached hydrogens (tertiary/aromatic N) is 2. The topological polar surface area (TPSA) is 56.4 Å². The summed E-state index contributed by atoms with van der Waals surface area (Å²) in [6, 6.07) is 8.29. The Bertz CT molecular complexity index is 933. The fourth-order valence-electron chi connectivity index (χ4n) is 4.95. The summed E-state index contributed by atoms with van der Waals surface area (Å²) < 4.78 is 0. The maximum Gasteiger partial charge on any atom is 0.252 e. The van der Waals surface area contributed by atoms with Crippen molar-refractivity contribution in [1.29, 1.82) is 0 Å². The molecular formula is C22H29N3O2. The number of hydrogen-bond donors (Lipinski definition) is 1. The molecule has 2 aliphatic heterocycles. The summed E-state index contributed by atoms with van der Waals surface area (Å²) in [5.41, 5.74) is 2.27. The molecular weight excluding hydrogens is 338 g/mol. The van der Waals surface area contributed by atoms with Gasteiger partial charge in [0.15, 0.2) is 0 Å². The highest BCUT2D eigenvalue weighted by atomic mass is 16.2. The third kappa shape index (κ3) is 2.98. The minimum absolute atomic E-state index is 0.0391. The van der Waals surface area contributed by atoms with E-state index in [0.717, 1.165) is 60.8 Å². The lowest BCUT2D eigenvalue weighted by molar-refractivity contribution is -0.149. The summed E-state index contributed by atoms with van der Waals surface area (Å²) in [4.78, 5) is 33.4. The monoisotopic (exact) mass is 367 g/mol. The van der Waals surface area contributed by atoms with E-state index in [-0.39, 0.29) is 17.5 Å². The van der Waals surface area contributed by atoms with Crippen LogP contribution in [0.3, 0.4) is 0 Å². The Balaban J connectivity index is 1.68. The molecule has 0 aliphatic carbocycles. The lowest BCUT2D eigenvalue weighted by Crippen LogP contribution is -2.61. The molecule has 4 rings (SSSR count). The van der Waals surface area contributed by atoms with Crippen LogP contribution in [0.2, 0.25) is 0 Å². The standard InChI is InChI=1S/C22H29N3O2/c1-15(2)25-12-6-10-22(21(25)27)9-5-11-24(22)14-18-13-17-8-4-7-16(3)19(17)23-20(18)26/h4,7-8,13,15H,5-6,9-12,14H2,1-3H3,(H,23,26). The number of piperidine rings is 1. The number of pyridine rings is 1. The fraction of sp³-hybridized carbons (Fsp3) is 0.545. The second-order valence-electron chi connectivity index (χ2n) is 8.42. The van der Waals surface area contributed by atoms with Crippen LogP contribution in [0, 0.1) is 6.92 Å². The summed E-state index contributed by atoms with van der Waals surface area (Å²) in [6.45, 7) is 8.45. The zero-order chi connectivity index (χ0) is 19.2. The van der Waals surface area contributed by atoms with E-state index >= 15 is 0 Å². The predicted molar refractivity (Wildman–Crippen MR) is 108 cm³/mol. The molecule has 144 valence electrons. The number of rotatable bonds is 3. The number of likely N-dealkylation sites (tertiary alicyclic amines) is 2. The number of carbonyl (C=O) groups excluding carboxylic acids is 1. The van der Waals surface area contributed by atoms with Crippen molar-refractivity contribution in [2.24, 2.45) is 0 Å². The molecule has 1 aromatic heterocycles. The predicted octanol–water partition coefficient (Wildman–Crippen LogP) is 3.20. The highest BCUT2D eigenvalue weighted by Crippen LogP contribution is 2.39. The van der Waals surface area contributed by atoms with Crippen molar-refractivity contribution >= 4 is 16.8 Å². The van der Waals surface area contributed by atoms with Crippen LogP contribution in [0.5, 0.6) is 0 Å². The van der Waals surface area contributed by atoms with Crippen LogP contribution in [0.25, 0.3) is 10.9 Å². The Morgan fingerprint density at radius 1 is 1.15 bits per heavy atom. The van der Waals surface area contributed by atoms with Gasteiger partial charge in [0.2, 0.25) is 5.91 Å². The minimum atomic E-state index is -0.420. The first-order valence-electron chi connectivity index (χ1n) is 10.1. The molecule has 27 heavy (non-hydrogen) atoms. The van der Waals surface area contributed by atoms with Crippen molar-refractivity contribution in [3.8, 4) is 0 Å². The summed E-state index contributed by atoms with van der Waals surface area (Å²) in [5.74, 6) is 0.259. The first kappa shape index (κ1) is 18.2. The van der Waals surface area contributed by atoms with Gasteiger partial charge in [0, 0.05) is 24.7 Å². The van der Waals surface area contributed by atoms with Crippen LogP contribution in [0.15, 0.2) is 29.1 Å². The van der Waals surface area contributed by atoms with Crippen molar-refractivity contribution in [2.75, 3.05) is 13.1 Å². The van der Waals surface area contributed by atoms with Gasteiger partial charge in [-0.15, -0.1) is 0 Å². The minimum Gasteiger partial charge on any atom is -0.339 e. The molecule has 1 unspecified atom stereocenters. The van der Waals surface area contributed by atoms with E-state index < -0.39 is 5.54 Å². The molecule has 0 bridgehead atoms. The molecule has 1 N–H and O–H groups in total. The number of H-pyrrole nitrogens is 1. The normalized spacial score (nSPS) is 23.9. The van der Waals surface area contributed by atoms with E-state index in [1.54, 1.807) is 0 Å². The SMILES string of the molecule is Cc1cccc2cc(CN3CCCC34CCCN(C(C)C)C4=O)c(=O)[nH]c12. The van der Waals surface area contributed by atoms with E-state index in [0.29, 0.717) is 6.54 Å². The van der Waals surface area contributed by atoms with Gasteiger partial charge in [-0.05, 0) is 70.0 Å². The third-order valence-electron chi connectivity index (χ3n) is 6.42. The molecule has 1 spiro atoms. The quantitative estimate of drug-likeness (QED) is 0.906. The van der Waals surface area contributed by atoms with Crippen molar-refractivity contribution in [2.45, 2.75) is 64.6 Å². The fourth-order valence-corrected chi connectivity index (χ4v) is 4.95. The van der Waals surface area contributed by atoms with Crippen LogP contribution in [0.1, 0.15) is 50.7 Å². The van der Waals surface area contributed by atoms with E-state index in [1.165, 1.54) is 0 Å². The van der Waals surface area contributed by atoms with Gasteiger partial charge in [-0.2, -0.15) is 0 Å². The summed E-state index contributed by atoms with van der Waals surface area (Å²) in [5, 5.41) is 1.05. The number of aromatic nitrogens is 1.